The zero-order valence-corrected chi connectivity index (χ0v) is 10.9. The minimum absolute atomic E-state index is 0.0420. The Balaban J connectivity index is 2.14. The number of rotatable bonds is 8. The van der Waals surface area contributed by atoms with Crippen LogP contribution in [-0.2, 0) is 14.3 Å². The Hall–Kier alpha value is -1.92. The van der Waals surface area contributed by atoms with Crippen LogP contribution in [0.25, 0.3) is 0 Å². The lowest BCUT2D eigenvalue weighted by Gasteiger charge is -2.07. The third-order valence-electron chi connectivity index (χ3n) is 2.27. The summed E-state index contributed by atoms with van der Waals surface area (Å²) in [7, 11) is 1.59. The first-order valence-corrected chi connectivity index (χ1v) is 6.03. The van der Waals surface area contributed by atoms with Gasteiger partial charge in [0.15, 0.2) is 0 Å². The molecule has 1 rings (SSSR count). The number of nitrogens with one attached hydrogen (secondary N) is 3. The molecule has 0 saturated carbocycles. The van der Waals surface area contributed by atoms with E-state index in [1.807, 2.05) is 18.2 Å². The molecular formula is C13H19N3O3. The minimum atomic E-state index is -0.253. The van der Waals surface area contributed by atoms with Crippen molar-refractivity contribution in [3.8, 4) is 0 Å². The number of amides is 2. The molecule has 0 aliphatic rings. The first kappa shape index (κ1) is 15.1. The van der Waals surface area contributed by atoms with Crippen LogP contribution in [0.1, 0.15) is 0 Å². The summed E-state index contributed by atoms with van der Waals surface area (Å²) in [5.41, 5.74) is 0.708. The Bertz CT molecular complexity index is 395. The number of benzene rings is 1. The van der Waals surface area contributed by atoms with E-state index < -0.39 is 0 Å². The van der Waals surface area contributed by atoms with E-state index in [1.165, 1.54) is 0 Å². The van der Waals surface area contributed by atoms with Gasteiger partial charge in [0.25, 0.3) is 0 Å². The van der Waals surface area contributed by atoms with Crippen LogP contribution < -0.4 is 16.0 Å². The standard InChI is InChI=1S/C13H19N3O3/c1-19-8-7-14-9-12(17)15-10-13(18)16-11-5-3-2-4-6-11/h2-6,14H,7-10H2,1H3,(H,15,17)(H,16,18). The topological polar surface area (TPSA) is 79.5 Å². The van der Waals surface area contributed by atoms with E-state index in [0.29, 0.717) is 18.8 Å². The normalized spacial score (nSPS) is 9.95. The van der Waals surface area contributed by atoms with Crippen molar-refractivity contribution in [3.63, 3.8) is 0 Å². The molecule has 0 aliphatic carbocycles. The minimum Gasteiger partial charge on any atom is -0.383 e. The fraction of sp³-hybridized carbons (Fsp3) is 0.385. The zero-order valence-electron chi connectivity index (χ0n) is 10.9. The second-order valence-electron chi connectivity index (χ2n) is 3.86. The van der Waals surface area contributed by atoms with Crippen molar-refractivity contribution in [2.45, 2.75) is 0 Å². The predicted octanol–water partition coefficient (Wildman–Crippen LogP) is -0.0227. The van der Waals surface area contributed by atoms with Gasteiger partial charge in [0, 0.05) is 19.3 Å². The number of para-hydroxylation sites is 1. The van der Waals surface area contributed by atoms with Gasteiger partial charge in [-0.25, -0.2) is 0 Å². The van der Waals surface area contributed by atoms with Gasteiger partial charge in [-0.05, 0) is 12.1 Å². The third-order valence-corrected chi connectivity index (χ3v) is 2.27. The van der Waals surface area contributed by atoms with Crippen molar-refractivity contribution >= 4 is 17.5 Å². The molecule has 6 heteroatoms. The maximum atomic E-state index is 11.5. The van der Waals surface area contributed by atoms with Crippen LogP contribution in [-0.4, -0.2) is 45.2 Å². The average molecular weight is 265 g/mol. The van der Waals surface area contributed by atoms with Crippen molar-refractivity contribution in [2.75, 3.05) is 38.7 Å². The van der Waals surface area contributed by atoms with Crippen molar-refractivity contribution in [1.29, 1.82) is 0 Å². The van der Waals surface area contributed by atoms with Crippen molar-refractivity contribution in [1.82, 2.24) is 10.6 Å². The molecule has 0 spiro atoms. The number of carbonyl (C=O) groups is 2. The molecule has 0 aliphatic heterocycles. The van der Waals surface area contributed by atoms with Gasteiger partial charge in [-0.15, -0.1) is 0 Å². The highest BCUT2D eigenvalue weighted by molar-refractivity contribution is 5.94. The number of ether oxygens (including phenoxy) is 1. The van der Waals surface area contributed by atoms with E-state index in [-0.39, 0.29) is 24.9 Å². The molecule has 0 bridgehead atoms. The van der Waals surface area contributed by atoms with Gasteiger partial charge >= 0.3 is 0 Å². The molecule has 0 radical (unpaired) electrons. The van der Waals surface area contributed by atoms with E-state index in [9.17, 15) is 9.59 Å². The second-order valence-corrected chi connectivity index (χ2v) is 3.86. The van der Waals surface area contributed by atoms with Crippen molar-refractivity contribution in [3.05, 3.63) is 30.3 Å². The molecule has 1 aromatic rings. The predicted molar refractivity (Wildman–Crippen MR) is 72.8 cm³/mol. The van der Waals surface area contributed by atoms with E-state index in [1.54, 1.807) is 19.2 Å². The van der Waals surface area contributed by atoms with Crippen molar-refractivity contribution < 1.29 is 14.3 Å². The lowest BCUT2D eigenvalue weighted by molar-refractivity contribution is -0.123. The summed E-state index contributed by atoms with van der Waals surface area (Å²) in [6.45, 7) is 1.27. The monoisotopic (exact) mass is 265 g/mol. The first-order chi connectivity index (χ1) is 9.22. The molecule has 1 aromatic carbocycles. The van der Waals surface area contributed by atoms with E-state index in [2.05, 4.69) is 16.0 Å². The second kappa shape index (κ2) is 9.07. The molecule has 0 saturated heterocycles. The summed E-state index contributed by atoms with van der Waals surface area (Å²) in [5, 5.41) is 8.10. The van der Waals surface area contributed by atoms with Crippen LogP contribution in [0.2, 0.25) is 0 Å². The molecule has 3 N–H and O–H groups in total. The van der Waals surface area contributed by atoms with Gasteiger partial charge in [-0.3, -0.25) is 9.59 Å². The first-order valence-electron chi connectivity index (χ1n) is 6.03. The van der Waals surface area contributed by atoms with E-state index >= 15 is 0 Å². The summed E-state index contributed by atoms with van der Waals surface area (Å²) in [6, 6.07) is 9.09. The Kier molecular flexibility index (Phi) is 7.23. The quantitative estimate of drug-likeness (QED) is 0.577. The van der Waals surface area contributed by atoms with Gasteiger partial charge in [-0.1, -0.05) is 18.2 Å². The highest BCUT2D eigenvalue weighted by atomic mass is 16.5. The Morgan fingerprint density at radius 3 is 2.53 bits per heavy atom. The average Bonchev–Trinajstić information content (AvgIpc) is 2.42. The smallest absolute Gasteiger partial charge is 0.243 e. The summed E-state index contributed by atoms with van der Waals surface area (Å²) in [5.74, 6) is -0.476. The molecule has 0 atom stereocenters. The molecule has 104 valence electrons. The molecule has 6 nitrogen and oxygen atoms in total. The van der Waals surface area contributed by atoms with Crippen molar-refractivity contribution in [2.24, 2.45) is 0 Å². The molecule has 0 unspecified atom stereocenters. The van der Waals surface area contributed by atoms with Crippen LogP contribution in [0.15, 0.2) is 30.3 Å². The summed E-state index contributed by atoms with van der Waals surface area (Å²) in [6.07, 6.45) is 0. The van der Waals surface area contributed by atoms with Crippen LogP contribution >= 0.6 is 0 Å². The maximum Gasteiger partial charge on any atom is 0.243 e. The van der Waals surface area contributed by atoms with Gasteiger partial charge in [0.05, 0.1) is 19.7 Å². The Morgan fingerprint density at radius 2 is 1.84 bits per heavy atom. The summed E-state index contributed by atoms with van der Waals surface area (Å²) < 4.78 is 4.83. The lowest BCUT2D eigenvalue weighted by atomic mass is 10.3. The number of carbonyl (C=O) groups excluding carboxylic acids is 2. The lowest BCUT2D eigenvalue weighted by Crippen LogP contribution is -2.39. The van der Waals surface area contributed by atoms with Crippen LogP contribution in [0, 0.1) is 0 Å². The third kappa shape index (κ3) is 7.17. The van der Waals surface area contributed by atoms with Crippen LogP contribution in [0.4, 0.5) is 5.69 Å². The number of methoxy groups -OCH3 is 1. The van der Waals surface area contributed by atoms with Crippen LogP contribution in [0.5, 0.6) is 0 Å². The fourth-order valence-corrected chi connectivity index (χ4v) is 1.34. The van der Waals surface area contributed by atoms with Gasteiger partial charge in [0.1, 0.15) is 0 Å². The molecular weight excluding hydrogens is 246 g/mol. The fourth-order valence-electron chi connectivity index (χ4n) is 1.34. The Morgan fingerprint density at radius 1 is 1.11 bits per heavy atom. The zero-order chi connectivity index (χ0) is 13.9. The molecule has 0 heterocycles. The van der Waals surface area contributed by atoms with Crippen LogP contribution in [0.3, 0.4) is 0 Å². The summed E-state index contributed by atoms with van der Waals surface area (Å²) in [4.78, 5) is 22.9. The highest BCUT2D eigenvalue weighted by Gasteiger charge is 2.05. The molecule has 19 heavy (non-hydrogen) atoms. The molecule has 0 fully saturated rings. The van der Waals surface area contributed by atoms with Gasteiger partial charge in [0.2, 0.25) is 11.8 Å². The Labute approximate surface area is 112 Å². The van der Waals surface area contributed by atoms with Gasteiger partial charge < -0.3 is 20.7 Å². The largest absolute Gasteiger partial charge is 0.383 e. The molecule has 2 amide bonds. The van der Waals surface area contributed by atoms with E-state index in [0.717, 1.165) is 0 Å². The summed E-state index contributed by atoms with van der Waals surface area (Å²) >= 11 is 0. The number of anilines is 1. The van der Waals surface area contributed by atoms with E-state index in [4.69, 9.17) is 4.74 Å². The highest BCUT2D eigenvalue weighted by Crippen LogP contribution is 2.03. The number of hydrogen-bond acceptors (Lipinski definition) is 4. The molecule has 0 aromatic heterocycles. The van der Waals surface area contributed by atoms with Gasteiger partial charge in [-0.2, -0.15) is 0 Å². The SMILES string of the molecule is COCCNCC(=O)NCC(=O)Nc1ccccc1. The number of hydrogen-bond donors (Lipinski definition) is 3. The maximum absolute atomic E-state index is 11.5.